The number of hydrogen-bond donors (Lipinski definition) is 1. The molecule has 0 aromatic heterocycles. The number of piperazine rings is 1. The van der Waals surface area contributed by atoms with Crippen LogP contribution in [0.4, 0.5) is 0 Å². The van der Waals surface area contributed by atoms with Crippen molar-refractivity contribution in [2.45, 2.75) is 12.9 Å². The average Bonchev–Trinajstić information content (AvgIpc) is 1.86. The van der Waals surface area contributed by atoms with E-state index < -0.39 is 6.85 Å². The van der Waals surface area contributed by atoms with Gasteiger partial charge in [-0.1, -0.05) is 0 Å². The molecule has 0 spiro atoms. The first-order chi connectivity index (χ1) is 5.02. The fourth-order valence-electron chi connectivity index (χ4n) is 0.806. The quantitative estimate of drug-likeness (QED) is 0.477. The van der Waals surface area contributed by atoms with Gasteiger partial charge in [-0.05, 0) is 13.9 Å². The molecule has 1 fully saturated rings. The van der Waals surface area contributed by atoms with Gasteiger partial charge in [0.25, 0.3) is 0 Å². The lowest BCUT2D eigenvalue weighted by Crippen LogP contribution is -2.47. The van der Waals surface area contributed by atoms with Gasteiger partial charge < -0.3 is 10.2 Å². The first kappa shape index (κ1) is 3.18. The highest BCUT2D eigenvalue weighted by Crippen LogP contribution is 1.95. The van der Waals surface area contributed by atoms with E-state index in [2.05, 4.69) is 5.32 Å². The van der Waals surface area contributed by atoms with E-state index >= 15 is 0 Å². The summed E-state index contributed by atoms with van der Waals surface area (Å²) in [7, 11) is 1.86. The highest BCUT2D eigenvalue weighted by Gasteiger charge is 2.11. The number of likely N-dealkylation sites (N-methyl/N-ethyl adjacent to an activating group) is 1. The molecule has 2 heteroatoms. The Morgan fingerprint density at radius 3 is 3.25 bits per heavy atom. The molecule has 2 nitrogen and oxygen atoms in total. The number of nitrogens with one attached hydrogen (secondary N) is 1. The van der Waals surface area contributed by atoms with E-state index in [1.807, 2.05) is 11.9 Å². The molecule has 1 N–H and O–H groups in total. The van der Waals surface area contributed by atoms with Crippen LogP contribution < -0.4 is 5.32 Å². The Bertz CT molecular complexity index is 134. The summed E-state index contributed by atoms with van der Waals surface area (Å²) in [6.07, 6.45) is 0. The molecular formula is C6H14N2. The molecule has 0 aromatic rings. The Morgan fingerprint density at radius 1 is 1.88 bits per heavy atom. The molecule has 0 amide bonds. The Hall–Kier alpha value is -0.0800. The lowest BCUT2D eigenvalue weighted by atomic mass is 10.2. The van der Waals surface area contributed by atoms with E-state index in [9.17, 15) is 0 Å². The molecule has 0 aliphatic carbocycles. The van der Waals surface area contributed by atoms with Crippen molar-refractivity contribution in [2.24, 2.45) is 0 Å². The van der Waals surface area contributed by atoms with Gasteiger partial charge in [-0.2, -0.15) is 0 Å². The van der Waals surface area contributed by atoms with Gasteiger partial charge in [0.1, 0.15) is 0 Å². The molecule has 0 radical (unpaired) electrons. The monoisotopic (exact) mass is 117 g/mol. The minimum absolute atomic E-state index is 0.309. The van der Waals surface area contributed by atoms with Crippen molar-refractivity contribution in [1.82, 2.24) is 10.2 Å². The highest BCUT2D eigenvalue weighted by molar-refractivity contribution is 4.71. The van der Waals surface area contributed by atoms with Gasteiger partial charge in [-0.3, -0.25) is 0 Å². The summed E-state index contributed by atoms with van der Waals surface area (Å²) in [6, 6.07) is -0.309. The molecule has 1 unspecified atom stereocenters. The van der Waals surface area contributed by atoms with Gasteiger partial charge in [0.15, 0.2) is 0 Å². The molecule has 1 saturated heterocycles. The van der Waals surface area contributed by atoms with Crippen LogP contribution >= 0.6 is 0 Å². The molecule has 0 saturated carbocycles. The maximum Gasteiger partial charge on any atom is 0.0247 e. The molecular weight excluding hydrogens is 100 g/mol. The second kappa shape index (κ2) is 2.46. The standard InChI is InChI=1S/C6H14N2/c1-6-5-7-3-4-8(6)2/h6-7H,3-5H2,1-2H3/i1D3. The lowest BCUT2D eigenvalue weighted by molar-refractivity contribution is 0.215. The normalized spacial score (nSPS) is 40.1. The van der Waals surface area contributed by atoms with E-state index in [0.717, 1.165) is 13.1 Å². The smallest absolute Gasteiger partial charge is 0.0247 e. The average molecular weight is 117 g/mol. The van der Waals surface area contributed by atoms with Crippen LogP contribution in [0.1, 0.15) is 11.0 Å². The van der Waals surface area contributed by atoms with E-state index in [-0.39, 0.29) is 6.04 Å². The Labute approximate surface area is 55.1 Å². The van der Waals surface area contributed by atoms with Crippen LogP contribution in [0.25, 0.3) is 0 Å². The van der Waals surface area contributed by atoms with Crippen molar-refractivity contribution in [3.63, 3.8) is 0 Å². The molecule has 0 bridgehead atoms. The lowest BCUT2D eigenvalue weighted by Gasteiger charge is -2.29. The first-order valence-electron chi connectivity index (χ1n) is 4.43. The molecule has 1 aliphatic rings. The van der Waals surface area contributed by atoms with Gasteiger partial charge in [-0.25, -0.2) is 0 Å². The zero-order valence-electron chi connectivity index (χ0n) is 8.15. The Morgan fingerprint density at radius 2 is 2.75 bits per heavy atom. The van der Waals surface area contributed by atoms with E-state index in [1.165, 1.54) is 0 Å². The van der Waals surface area contributed by atoms with Crippen LogP contribution in [0.15, 0.2) is 0 Å². The van der Waals surface area contributed by atoms with Crippen molar-refractivity contribution in [3.8, 4) is 0 Å². The summed E-state index contributed by atoms with van der Waals surface area (Å²) < 4.78 is 21.6. The van der Waals surface area contributed by atoms with Crippen LogP contribution in [-0.4, -0.2) is 37.6 Å². The molecule has 48 valence electrons. The van der Waals surface area contributed by atoms with Crippen molar-refractivity contribution < 1.29 is 4.11 Å². The van der Waals surface area contributed by atoms with E-state index in [0.29, 0.717) is 6.54 Å². The molecule has 8 heavy (non-hydrogen) atoms. The summed E-state index contributed by atoms with van der Waals surface area (Å²) in [5, 5.41) is 3.07. The van der Waals surface area contributed by atoms with Crippen LogP contribution in [0, 0.1) is 0 Å². The van der Waals surface area contributed by atoms with Gasteiger partial charge in [0, 0.05) is 29.8 Å². The highest BCUT2D eigenvalue weighted by atomic mass is 15.2. The summed E-state index contributed by atoms with van der Waals surface area (Å²) >= 11 is 0. The van der Waals surface area contributed by atoms with Crippen LogP contribution in [-0.2, 0) is 0 Å². The first-order valence-corrected chi connectivity index (χ1v) is 2.93. The predicted octanol–water partition coefficient (Wildman–Crippen LogP) is -0.0901. The third-order valence-corrected chi connectivity index (χ3v) is 1.51. The second-order valence-electron chi connectivity index (χ2n) is 2.20. The fraction of sp³-hybridized carbons (Fsp3) is 1.00. The van der Waals surface area contributed by atoms with Crippen molar-refractivity contribution in [2.75, 3.05) is 26.7 Å². The second-order valence-corrected chi connectivity index (χ2v) is 2.20. The van der Waals surface area contributed by atoms with Gasteiger partial charge in [0.2, 0.25) is 0 Å². The van der Waals surface area contributed by atoms with Gasteiger partial charge in [0.05, 0.1) is 0 Å². The topological polar surface area (TPSA) is 15.3 Å². The minimum Gasteiger partial charge on any atom is -0.314 e. The number of rotatable bonds is 0. The van der Waals surface area contributed by atoms with Crippen LogP contribution in [0.2, 0.25) is 0 Å². The zero-order valence-corrected chi connectivity index (χ0v) is 5.15. The van der Waals surface area contributed by atoms with Crippen molar-refractivity contribution in [3.05, 3.63) is 0 Å². The third kappa shape index (κ3) is 1.20. The summed E-state index contributed by atoms with van der Waals surface area (Å²) in [5.41, 5.74) is 0. The SMILES string of the molecule is [2H]C([2H])([2H])C1CNCCN1C. The Balaban J connectivity index is 2.55. The van der Waals surface area contributed by atoms with Gasteiger partial charge in [-0.15, -0.1) is 0 Å². The maximum absolute atomic E-state index is 7.21. The van der Waals surface area contributed by atoms with Crippen LogP contribution in [0.3, 0.4) is 0 Å². The predicted molar refractivity (Wildman–Crippen MR) is 35.0 cm³/mol. The molecule has 1 rings (SSSR count). The number of nitrogens with zero attached hydrogens (tertiary/aromatic N) is 1. The summed E-state index contributed by atoms with van der Waals surface area (Å²) in [5.74, 6) is 0. The molecule has 1 aliphatic heterocycles. The number of hydrogen-bond acceptors (Lipinski definition) is 2. The fourth-order valence-corrected chi connectivity index (χ4v) is 0.806. The molecule has 0 aromatic carbocycles. The largest absolute Gasteiger partial charge is 0.314 e. The minimum atomic E-state index is -1.85. The third-order valence-electron chi connectivity index (χ3n) is 1.51. The van der Waals surface area contributed by atoms with E-state index in [1.54, 1.807) is 0 Å². The summed E-state index contributed by atoms with van der Waals surface area (Å²) in [6.45, 7) is 0.446. The van der Waals surface area contributed by atoms with Crippen molar-refractivity contribution in [1.29, 1.82) is 0 Å². The Kier molecular flexibility index (Phi) is 0.980. The maximum atomic E-state index is 7.21. The molecule has 1 heterocycles. The van der Waals surface area contributed by atoms with Crippen molar-refractivity contribution >= 4 is 0 Å². The van der Waals surface area contributed by atoms with E-state index in [4.69, 9.17) is 4.11 Å². The van der Waals surface area contributed by atoms with Crippen LogP contribution in [0.5, 0.6) is 0 Å². The molecule has 1 atom stereocenters. The summed E-state index contributed by atoms with van der Waals surface area (Å²) in [4.78, 5) is 1.89. The van der Waals surface area contributed by atoms with Gasteiger partial charge >= 0.3 is 0 Å². The zero-order chi connectivity index (χ0) is 8.48.